The number of benzene rings is 3. The van der Waals surface area contributed by atoms with E-state index in [1.165, 1.54) is 14.0 Å². The number of aliphatic hydroxyl groups is 1. The fourth-order valence-electron chi connectivity index (χ4n) is 4.11. The average Bonchev–Trinajstić information content (AvgIpc) is 3.33. The number of nitrogens with zero attached hydrogens (tertiary/aromatic N) is 3. The van der Waals surface area contributed by atoms with E-state index in [4.69, 9.17) is 14.1 Å². The third kappa shape index (κ3) is 5.28. The summed E-state index contributed by atoms with van der Waals surface area (Å²) in [7, 11) is 9.22. The number of oxazole rings is 1. The van der Waals surface area contributed by atoms with Crippen molar-refractivity contribution in [3.05, 3.63) is 60.2 Å². The van der Waals surface area contributed by atoms with E-state index in [1.54, 1.807) is 12.1 Å². The Morgan fingerprint density at radius 3 is 2.21 bits per heavy atom. The van der Waals surface area contributed by atoms with Crippen LogP contribution in [0.5, 0.6) is 11.5 Å². The van der Waals surface area contributed by atoms with Gasteiger partial charge in [-0.2, -0.15) is 0 Å². The molecule has 38 heavy (non-hydrogen) atoms. The van der Waals surface area contributed by atoms with Crippen molar-refractivity contribution < 1.29 is 24.2 Å². The number of phenols is 1. The SMILES string of the molecule is COc1cc(-c2nc(-c3ccc(N(C)C)cc3NC(C)=O)c(-c3ccc(N(C)C)cc3)o2)cc(CO)c1O. The van der Waals surface area contributed by atoms with E-state index in [2.05, 4.69) is 5.32 Å². The molecular formula is C29H32N4O5. The van der Waals surface area contributed by atoms with Gasteiger partial charge in [-0.05, 0) is 54.6 Å². The molecule has 0 spiro atoms. The topological polar surface area (TPSA) is 111 Å². The molecule has 9 nitrogen and oxygen atoms in total. The molecule has 0 aliphatic carbocycles. The summed E-state index contributed by atoms with van der Waals surface area (Å²) in [5.74, 6) is 0.616. The highest BCUT2D eigenvalue weighted by atomic mass is 16.5. The monoisotopic (exact) mass is 516 g/mol. The van der Waals surface area contributed by atoms with Gasteiger partial charge >= 0.3 is 0 Å². The Balaban J connectivity index is 1.97. The third-order valence-corrected chi connectivity index (χ3v) is 6.15. The molecular weight excluding hydrogens is 484 g/mol. The molecule has 4 rings (SSSR count). The van der Waals surface area contributed by atoms with Crippen molar-refractivity contribution in [2.24, 2.45) is 0 Å². The van der Waals surface area contributed by atoms with Crippen LogP contribution in [0, 0.1) is 0 Å². The minimum absolute atomic E-state index is 0.141. The number of methoxy groups -OCH3 is 1. The largest absolute Gasteiger partial charge is 0.504 e. The van der Waals surface area contributed by atoms with Crippen LogP contribution in [0.15, 0.2) is 59.0 Å². The van der Waals surface area contributed by atoms with Crippen molar-refractivity contribution in [2.75, 3.05) is 50.4 Å². The zero-order valence-corrected chi connectivity index (χ0v) is 22.4. The number of amides is 1. The number of nitrogens with one attached hydrogen (secondary N) is 1. The van der Waals surface area contributed by atoms with Gasteiger partial charge in [-0.15, -0.1) is 0 Å². The van der Waals surface area contributed by atoms with Gasteiger partial charge in [-0.1, -0.05) is 0 Å². The number of aromatic hydroxyl groups is 1. The van der Waals surface area contributed by atoms with Gasteiger partial charge < -0.3 is 34.5 Å². The molecule has 0 fully saturated rings. The van der Waals surface area contributed by atoms with Crippen LogP contribution in [0.3, 0.4) is 0 Å². The van der Waals surface area contributed by atoms with E-state index >= 15 is 0 Å². The maximum atomic E-state index is 12.1. The molecule has 0 radical (unpaired) electrons. The van der Waals surface area contributed by atoms with Crippen LogP contribution in [-0.4, -0.2) is 56.4 Å². The lowest BCUT2D eigenvalue weighted by Crippen LogP contribution is -2.11. The first-order valence-corrected chi connectivity index (χ1v) is 12.0. The number of hydrogen-bond donors (Lipinski definition) is 3. The zero-order chi connectivity index (χ0) is 27.6. The second-order valence-corrected chi connectivity index (χ2v) is 9.29. The van der Waals surface area contributed by atoms with Gasteiger partial charge in [-0.3, -0.25) is 4.79 Å². The van der Waals surface area contributed by atoms with Crippen LogP contribution in [0.4, 0.5) is 17.1 Å². The lowest BCUT2D eigenvalue weighted by molar-refractivity contribution is -0.114. The Kier molecular flexibility index (Phi) is 7.59. The molecule has 1 aromatic heterocycles. The average molecular weight is 517 g/mol. The second-order valence-electron chi connectivity index (χ2n) is 9.29. The van der Waals surface area contributed by atoms with Gasteiger partial charge in [0, 0.05) is 68.7 Å². The summed E-state index contributed by atoms with van der Waals surface area (Å²) in [6.07, 6.45) is 0. The maximum absolute atomic E-state index is 12.1. The number of aromatic nitrogens is 1. The van der Waals surface area contributed by atoms with Crippen LogP contribution >= 0.6 is 0 Å². The number of rotatable bonds is 8. The molecule has 0 unspecified atom stereocenters. The number of hydrogen-bond acceptors (Lipinski definition) is 8. The highest BCUT2D eigenvalue weighted by Crippen LogP contribution is 2.42. The van der Waals surface area contributed by atoms with E-state index in [0.29, 0.717) is 28.3 Å². The van der Waals surface area contributed by atoms with Crippen molar-refractivity contribution in [3.8, 4) is 45.5 Å². The Labute approximate surface area is 221 Å². The van der Waals surface area contributed by atoms with Crippen LogP contribution in [-0.2, 0) is 11.4 Å². The molecule has 0 saturated carbocycles. The minimum atomic E-state index is -0.388. The fraction of sp³-hybridized carbons (Fsp3) is 0.241. The lowest BCUT2D eigenvalue weighted by Gasteiger charge is -2.17. The predicted molar refractivity (Wildman–Crippen MR) is 150 cm³/mol. The Morgan fingerprint density at radius 1 is 0.974 bits per heavy atom. The first-order valence-electron chi connectivity index (χ1n) is 12.0. The quantitative estimate of drug-likeness (QED) is 0.301. The first-order chi connectivity index (χ1) is 18.1. The van der Waals surface area contributed by atoms with Gasteiger partial charge in [0.05, 0.1) is 19.4 Å². The summed E-state index contributed by atoms with van der Waals surface area (Å²) in [4.78, 5) is 20.9. The molecule has 3 aromatic carbocycles. The summed E-state index contributed by atoms with van der Waals surface area (Å²) in [5, 5.41) is 23.0. The Hall–Kier alpha value is -4.50. The van der Waals surface area contributed by atoms with Gasteiger partial charge in [0.15, 0.2) is 17.3 Å². The summed E-state index contributed by atoms with van der Waals surface area (Å²) in [6, 6.07) is 16.8. The fourth-order valence-corrected chi connectivity index (χ4v) is 4.11. The number of carbonyl (C=O) groups is 1. The highest BCUT2D eigenvalue weighted by molar-refractivity contribution is 5.97. The first kappa shape index (κ1) is 26.6. The molecule has 0 saturated heterocycles. The minimum Gasteiger partial charge on any atom is -0.504 e. The molecule has 0 aliphatic heterocycles. The molecule has 4 aromatic rings. The molecule has 0 atom stereocenters. The van der Waals surface area contributed by atoms with Crippen molar-refractivity contribution in [1.82, 2.24) is 4.98 Å². The molecule has 9 heteroatoms. The summed E-state index contributed by atoms with van der Waals surface area (Å²) in [5.41, 5.74) is 5.34. The molecule has 1 amide bonds. The van der Waals surface area contributed by atoms with Crippen LogP contribution < -0.4 is 19.9 Å². The molecule has 0 aliphatic rings. The van der Waals surface area contributed by atoms with Crippen LogP contribution in [0.25, 0.3) is 34.0 Å². The maximum Gasteiger partial charge on any atom is 0.227 e. The van der Waals surface area contributed by atoms with Crippen molar-refractivity contribution in [1.29, 1.82) is 0 Å². The van der Waals surface area contributed by atoms with Crippen LogP contribution in [0.2, 0.25) is 0 Å². The molecule has 3 N–H and O–H groups in total. The van der Waals surface area contributed by atoms with E-state index in [1.807, 2.05) is 80.5 Å². The number of carbonyl (C=O) groups excluding carboxylic acids is 1. The standard InChI is InChI=1S/C29H32N4O5/c1-17(35)30-24-15-22(33(4)5)11-12-23(24)26-28(18-7-9-21(10-8-18)32(2)3)38-29(31-26)19-13-20(16-34)27(36)25(14-19)37-6/h7-15,34,36H,16H2,1-6H3,(H,30,35). The van der Waals surface area contributed by atoms with E-state index in [0.717, 1.165) is 16.9 Å². The molecule has 1 heterocycles. The lowest BCUT2D eigenvalue weighted by atomic mass is 10.0. The predicted octanol–water partition coefficient (Wildman–Crippen LogP) is 4.97. The number of ether oxygens (including phenoxy) is 1. The summed E-state index contributed by atoms with van der Waals surface area (Å²) in [6.45, 7) is 1.07. The van der Waals surface area contributed by atoms with E-state index < -0.39 is 0 Å². The van der Waals surface area contributed by atoms with Crippen molar-refractivity contribution >= 4 is 23.0 Å². The van der Waals surface area contributed by atoms with Gasteiger partial charge in [-0.25, -0.2) is 4.98 Å². The summed E-state index contributed by atoms with van der Waals surface area (Å²) < 4.78 is 11.7. The van der Waals surface area contributed by atoms with E-state index in [-0.39, 0.29) is 35.5 Å². The van der Waals surface area contributed by atoms with Gasteiger partial charge in [0.1, 0.15) is 5.69 Å². The van der Waals surface area contributed by atoms with Crippen molar-refractivity contribution in [2.45, 2.75) is 13.5 Å². The zero-order valence-electron chi connectivity index (χ0n) is 22.4. The van der Waals surface area contributed by atoms with Gasteiger partial charge in [0.25, 0.3) is 0 Å². The number of anilines is 3. The van der Waals surface area contributed by atoms with Crippen molar-refractivity contribution in [3.63, 3.8) is 0 Å². The molecule has 198 valence electrons. The smallest absolute Gasteiger partial charge is 0.227 e. The van der Waals surface area contributed by atoms with Gasteiger partial charge in [0.2, 0.25) is 11.8 Å². The summed E-state index contributed by atoms with van der Waals surface area (Å²) >= 11 is 0. The second kappa shape index (κ2) is 10.9. The molecule has 0 bridgehead atoms. The normalized spacial score (nSPS) is 10.8. The highest BCUT2D eigenvalue weighted by Gasteiger charge is 2.23. The number of aliphatic hydroxyl groups excluding tert-OH is 1. The third-order valence-electron chi connectivity index (χ3n) is 6.15. The Morgan fingerprint density at radius 2 is 1.63 bits per heavy atom. The Bertz CT molecular complexity index is 1430. The van der Waals surface area contributed by atoms with Crippen LogP contribution in [0.1, 0.15) is 12.5 Å². The van der Waals surface area contributed by atoms with E-state index in [9.17, 15) is 15.0 Å².